The number of hydrogen-bond acceptors (Lipinski definition) is 3. The lowest BCUT2D eigenvalue weighted by atomic mass is 10.1. The Morgan fingerprint density at radius 1 is 1.37 bits per heavy atom. The van der Waals surface area contributed by atoms with Crippen molar-refractivity contribution >= 4 is 0 Å². The summed E-state index contributed by atoms with van der Waals surface area (Å²) in [5, 5.41) is 3.44. The van der Waals surface area contributed by atoms with Crippen molar-refractivity contribution in [1.82, 2.24) is 15.1 Å². The summed E-state index contributed by atoms with van der Waals surface area (Å²) in [6.45, 7) is 5.36. The van der Waals surface area contributed by atoms with E-state index in [9.17, 15) is 4.39 Å². The average Bonchev–Trinajstić information content (AvgIpc) is 2.41. The van der Waals surface area contributed by atoms with Crippen LogP contribution in [0, 0.1) is 5.82 Å². The molecule has 1 aromatic rings. The molecule has 1 saturated heterocycles. The van der Waals surface area contributed by atoms with Crippen molar-refractivity contribution in [1.29, 1.82) is 0 Å². The van der Waals surface area contributed by atoms with Crippen LogP contribution in [-0.4, -0.2) is 62.7 Å². The van der Waals surface area contributed by atoms with Gasteiger partial charge in [-0.1, -0.05) is 12.1 Å². The van der Waals surface area contributed by atoms with Crippen molar-refractivity contribution in [3.8, 4) is 0 Å². The highest BCUT2D eigenvalue weighted by molar-refractivity contribution is 5.16. The van der Waals surface area contributed by atoms with Gasteiger partial charge in [-0.2, -0.15) is 0 Å². The molecule has 19 heavy (non-hydrogen) atoms. The number of piperazine rings is 1. The van der Waals surface area contributed by atoms with Gasteiger partial charge in [0.05, 0.1) is 0 Å². The number of nitrogens with one attached hydrogen (secondary N) is 1. The quantitative estimate of drug-likeness (QED) is 0.863. The van der Waals surface area contributed by atoms with Crippen molar-refractivity contribution in [3.63, 3.8) is 0 Å². The Kier molecular flexibility index (Phi) is 5.31. The summed E-state index contributed by atoms with van der Waals surface area (Å²) in [4.78, 5) is 4.78. The predicted molar refractivity (Wildman–Crippen MR) is 76.9 cm³/mol. The van der Waals surface area contributed by atoms with E-state index in [2.05, 4.69) is 29.2 Å². The smallest absolute Gasteiger partial charge is 0.123 e. The van der Waals surface area contributed by atoms with Crippen molar-refractivity contribution < 1.29 is 4.39 Å². The molecule has 1 N–H and O–H groups in total. The molecule has 0 radical (unpaired) electrons. The minimum atomic E-state index is -0.160. The van der Waals surface area contributed by atoms with Crippen LogP contribution in [0.2, 0.25) is 0 Å². The standard InChI is InChI=1S/C15H24FN3/c1-18(12-15-11-17-8-10-19(15)2)9-7-13-3-5-14(16)6-4-13/h3-6,15,17H,7-12H2,1-2H3. The molecule has 2 rings (SSSR count). The van der Waals surface area contributed by atoms with Crippen molar-refractivity contribution in [2.45, 2.75) is 12.5 Å². The lowest BCUT2D eigenvalue weighted by molar-refractivity contribution is 0.153. The summed E-state index contributed by atoms with van der Waals surface area (Å²) < 4.78 is 12.8. The number of hydrogen-bond donors (Lipinski definition) is 1. The molecule has 1 heterocycles. The maximum Gasteiger partial charge on any atom is 0.123 e. The summed E-state index contributed by atoms with van der Waals surface area (Å²) in [6.07, 6.45) is 0.973. The number of halogens is 1. The molecular weight excluding hydrogens is 241 g/mol. The molecule has 3 nitrogen and oxygen atoms in total. The minimum Gasteiger partial charge on any atom is -0.314 e. The van der Waals surface area contributed by atoms with Crippen LogP contribution in [0.4, 0.5) is 4.39 Å². The summed E-state index contributed by atoms with van der Waals surface area (Å²) in [6, 6.07) is 7.41. The Labute approximate surface area is 115 Å². The lowest BCUT2D eigenvalue weighted by Crippen LogP contribution is -2.53. The highest BCUT2D eigenvalue weighted by Gasteiger charge is 2.19. The molecule has 0 spiro atoms. The van der Waals surface area contributed by atoms with Gasteiger partial charge >= 0.3 is 0 Å². The Balaban J connectivity index is 1.74. The number of likely N-dealkylation sites (N-methyl/N-ethyl adjacent to an activating group) is 2. The Morgan fingerprint density at radius 2 is 2.11 bits per heavy atom. The fourth-order valence-corrected chi connectivity index (χ4v) is 2.49. The van der Waals surface area contributed by atoms with Crippen molar-refractivity contribution in [2.24, 2.45) is 0 Å². The molecule has 1 fully saturated rings. The number of benzene rings is 1. The summed E-state index contributed by atoms with van der Waals surface area (Å²) in [5.74, 6) is -0.160. The average molecular weight is 265 g/mol. The molecule has 0 amide bonds. The van der Waals surface area contributed by atoms with Gasteiger partial charge in [-0.15, -0.1) is 0 Å². The molecule has 1 aromatic carbocycles. The molecule has 1 atom stereocenters. The van der Waals surface area contributed by atoms with E-state index in [1.165, 1.54) is 17.7 Å². The van der Waals surface area contributed by atoms with Crippen LogP contribution >= 0.6 is 0 Å². The zero-order valence-electron chi connectivity index (χ0n) is 11.9. The van der Waals surface area contributed by atoms with E-state index in [0.717, 1.165) is 39.1 Å². The lowest BCUT2D eigenvalue weighted by Gasteiger charge is -2.35. The van der Waals surface area contributed by atoms with Crippen LogP contribution in [0.1, 0.15) is 5.56 Å². The molecule has 0 aliphatic carbocycles. The third-order valence-corrected chi connectivity index (χ3v) is 3.86. The van der Waals surface area contributed by atoms with E-state index >= 15 is 0 Å². The highest BCUT2D eigenvalue weighted by atomic mass is 19.1. The number of nitrogens with zero attached hydrogens (tertiary/aromatic N) is 2. The highest BCUT2D eigenvalue weighted by Crippen LogP contribution is 2.06. The first-order chi connectivity index (χ1) is 9.15. The van der Waals surface area contributed by atoms with Gasteiger partial charge in [-0.25, -0.2) is 4.39 Å². The molecule has 1 aliphatic rings. The zero-order valence-corrected chi connectivity index (χ0v) is 11.9. The topological polar surface area (TPSA) is 18.5 Å². The van der Waals surface area contributed by atoms with Gasteiger partial charge in [0.1, 0.15) is 5.82 Å². The zero-order chi connectivity index (χ0) is 13.7. The van der Waals surface area contributed by atoms with Crippen LogP contribution in [0.5, 0.6) is 0 Å². The molecule has 0 saturated carbocycles. The molecular formula is C15H24FN3. The van der Waals surface area contributed by atoms with E-state index in [0.29, 0.717) is 6.04 Å². The van der Waals surface area contributed by atoms with Crippen LogP contribution in [0.15, 0.2) is 24.3 Å². The molecule has 1 aliphatic heterocycles. The second kappa shape index (κ2) is 6.98. The first kappa shape index (κ1) is 14.4. The van der Waals surface area contributed by atoms with E-state index in [1.807, 2.05) is 12.1 Å². The molecule has 1 unspecified atom stereocenters. The molecule has 0 bridgehead atoms. The Hall–Kier alpha value is -0.970. The van der Waals surface area contributed by atoms with E-state index < -0.39 is 0 Å². The van der Waals surface area contributed by atoms with Crippen LogP contribution in [0.25, 0.3) is 0 Å². The van der Waals surface area contributed by atoms with Gasteiger partial charge in [0, 0.05) is 38.8 Å². The van der Waals surface area contributed by atoms with E-state index in [1.54, 1.807) is 0 Å². The summed E-state index contributed by atoms with van der Waals surface area (Å²) in [7, 11) is 4.35. The maximum absolute atomic E-state index is 12.8. The van der Waals surface area contributed by atoms with E-state index in [4.69, 9.17) is 0 Å². The SMILES string of the molecule is CN(CCc1ccc(F)cc1)CC1CNCCN1C. The third kappa shape index (κ3) is 4.56. The van der Waals surface area contributed by atoms with E-state index in [-0.39, 0.29) is 5.82 Å². The molecule has 106 valence electrons. The Bertz CT molecular complexity index is 379. The number of rotatable bonds is 5. The summed E-state index contributed by atoms with van der Waals surface area (Å²) >= 11 is 0. The first-order valence-corrected chi connectivity index (χ1v) is 6.99. The maximum atomic E-state index is 12.8. The largest absolute Gasteiger partial charge is 0.314 e. The second-order valence-electron chi connectivity index (χ2n) is 5.48. The van der Waals surface area contributed by atoms with Gasteiger partial charge in [-0.05, 0) is 38.2 Å². The van der Waals surface area contributed by atoms with Gasteiger partial charge in [0.25, 0.3) is 0 Å². The third-order valence-electron chi connectivity index (χ3n) is 3.86. The predicted octanol–water partition coefficient (Wildman–Crippen LogP) is 1.20. The van der Waals surface area contributed by atoms with Gasteiger partial charge in [0.15, 0.2) is 0 Å². The molecule has 4 heteroatoms. The van der Waals surface area contributed by atoms with Gasteiger partial charge in [-0.3, -0.25) is 4.90 Å². The normalized spacial score (nSPS) is 20.9. The van der Waals surface area contributed by atoms with Crippen molar-refractivity contribution in [3.05, 3.63) is 35.6 Å². The fraction of sp³-hybridized carbons (Fsp3) is 0.600. The Morgan fingerprint density at radius 3 is 2.79 bits per heavy atom. The van der Waals surface area contributed by atoms with Gasteiger partial charge in [0.2, 0.25) is 0 Å². The molecule has 0 aromatic heterocycles. The summed E-state index contributed by atoms with van der Waals surface area (Å²) in [5.41, 5.74) is 1.20. The van der Waals surface area contributed by atoms with Crippen molar-refractivity contribution in [2.75, 3.05) is 46.8 Å². The second-order valence-corrected chi connectivity index (χ2v) is 5.48. The van der Waals surface area contributed by atoms with Gasteiger partial charge < -0.3 is 10.2 Å². The van der Waals surface area contributed by atoms with Crippen LogP contribution in [-0.2, 0) is 6.42 Å². The van der Waals surface area contributed by atoms with Crippen LogP contribution < -0.4 is 5.32 Å². The first-order valence-electron chi connectivity index (χ1n) is 6.99. The minimum absolute atomic E-state index is 0.160. The fourth-order valence-electron chi connectivity index (χ4n) is 2.49. The monoisotopic (exact) mass is 265 g/mol. The van der Waals surface area contributed by atoms with Crippen LogP contribution in [0.3, 0.4) is 0 Å².